The monoisotopic (exact) mass is 294 g/mol. The van der Waals surface area contributed by atoms with Crippen LogP contribution in [-0.4, -0.2) is 67.6 Å². The van der Waals surface area contributed by atoms with Crippen molar-refractivity contribution in [2.75, 3.05) is 40.8 Å². The number of carboxylic acid groups (broad SMARTS) is 1. The lowest BCUT2D eigenvalue weighted by Gasteiger charge is -2.24. The minimum Gasteiger partial charge on any atom is -0.497 e. The third-order valence-corrected chi connectivity index (χ3v) is 3.02. The Morgan fingerprint density at radius 3 is 2.48 bits per heavy atom. The van der Waals surface area contributed by atoms with E-state index in [0.29, 0.717) is 24.4 Å². The molecule has 0 unspecified atom stereocenters. The number of carbonyl (C=O) groups excluding carboxylic acids is 1. The zero-order valence-corrected chi connectivity index (χ0v) is 12.7. The Morgan fingerprint density at radius 2 is 1.90 bits per heavy atom. The van der Waals surface area contributed by atoms with E-state index in [1.807, 2.05) is 19.0 Å². The van der Waals surface area contributed by atoms with Gasteiger partial charge >= 0.3 is 5.97 Å². The highest BCUT2D eigenvalue weighted by molar-refractivity contribution is 5.94. The zero-order chi connectivity index (χ0) is 15.8. The number of nitrogens with zero attached hydrogens (tertiary/aromatic N) is 2. The van der Waals surface area contributed by atoms with Crippen LogP contribution in [0.15, 0.2) is 24.3 Å². The topological polar surface area (TPSA) is 70.1 Å². The van der Waals surface area contributed by atoms with Gasteiger partial charge in [-0.2, -0.15) is 0 Å². The molecule has 0 spiro atoms. The maximum atomic E-state index is 12.5. The molecular weight excluding hydrogens is 272 g/mol. The molecule has 0 heterocycles. The van der Waals surface area contributed by atoms with Crippen LogP contribution in [0.2, 0.25) is 0 Å². The van der Waals surface area contributed by atoms with Gasteiger partial charge in [-0.1, -0.05) is 6.07 Å². The van der Waals surface area contributed by atoms with E-state index in [1.165, 1.54) is 7.11 Å². The van der Waals surface area contributed by atoms with Gasteiger partial charge in [-0.05, 0) is 32.3 Å². The number of benzene rings is 1. The van der Waals surface area contributed by atoms with Gasteiger partial charge in [-0.15, -0.1) is 0 Å². The predicted molar refractivity (Wildman–Crippen MR) is 79.7 cm³/mol. The molecule has 0 atom stereocenters. The molecule has 21 heavy (non-hydrogen) atoms. The van der Waals surface area contributed by atoms with Crippen LogP contribution in [0.4, 0.5) is 0 Å². The Hall–Kier alpha value is -2.08. The molecular formula is C15H22N2O4. The molecule has 6 nitrogen and oxygen atoms in total. The molecule has 1 aromatic rings. The van der Waals surface area contributed by atoms with E-state index in [2.05, 4.69) is 0 Å². The maximum Gasteiger partial charge on any atom is 0.305 e. The summed E-state index contributed by atoms with van der Waals surface area (Å²) < 4.78 is 5.11. The molecule has 1 N–H and O–H groups in total. The van der Waals surface area contributed by atoms with Crippen molar-refractivity contribution in [3.05, 3.63) is 29.8 Å². The molecule has 0 aromatic heterocycles. The molecule has 0 fully saturated rings. The summed E-state index contributed by atoms with van der Waals surface area (Å²) in [6.45, 7) is 1.35. The quantitative estimate of drug-likeness (QED) is 0.779. The van der Waals surface area contributed by atoms with Crippen molar-refractivity contribution in [1.82, 2.24) is 9.80 Å². The fourth-order valence-electron chi connectivity index (χ4n) is 1.80. The summed E-state index contributed by atoms with van der Waals surface area (Å²) in [7, 11) is 5.36. The lowest BCUT2D eigenvalue weighted by atomic mass is 10.2. The van der Waals surface area contributed by atoms with Gasteiger partial charge in [-0.25, -0.2) is 0 Å². The van der Waals surface area contributed by atoms with Gasteiger partial charge < -0.3 is 19.6 Å². The highest BCUT2D eigenvalue weighted by Gasteiger charge is 2.17. The Morgan fingerprint density at radius 1 is 1.19 bits per heavy atom. The SMILES string of the molecule is COc1cccc(C(=O)N(CCC(=O)O)CCN(C)C)c1. The third kappa shape index (κ3) is 5.83. The highest BCUT2D eigenvalue weighted by atomic mass is 16.5. The minimum atomic E-state index is -0.914. The second-order valence-corrected chi connectivity index (χ2v) is 4.97. The van der Waals surface area contributed by atoms with Crippen molar-refractivity contribution in [3.63, 3.8) is 0 Å². The molecule has 0 saturated heterocycles. The third-order valence-electron chi connectivity index (χ3n) is 3.02. The number of methoxy groups -OCH3 is 1. The van der Waals surface area contributed by atoms with Crippen LogP contribution in [0.25, 0.3) is 0 Å². The molecule has 0 bridgehead atoms. The number of amides is 1. The van der Waals surface area contributed by atoms with Crippen molar-refractivity contribution in [1.29, 1.82) is 0 Å². The van der Waals surface area contributed by atoms with Crippen LogP contribution in [0.1, 0.15) is 16.8 Å². The van der Waals surface area contributed by atoms with E-state index in [4.69, 9.17) is 9.84 Å². The first-order valence-electron chi connectivity index (χ1n) is 6.74. The van der Waals surface area contributed by atoms with Crippen LogP contribution in [0.5, 0.6) is 5.75 Å². The first-order valence-corrected chi connectivity index (χ1v) is 6.74. The first kappa shape index (κ1) is 17.0. The van der Waals surface area contributed by atoms with Crippen LogP contribution >= 0.6 is 0 Å². The summed E-state index contributed by atoms with van der Waals surface area (Å²) in [6.07, 6.45) is -0.0663. The molecule has 0 radical (unpaired) electrons. The molecule has 6 heteroatoms. The summed E-state index contributed by atoms with van der Waals surface area (Å²) in [6, 6.07) is 6.87. The lowest BCUT2D eigenvalue weighted by Crippen LogP contribution is -2.38. The first-order chi connectivity index (χ1) is 9.93. The van der Waals surface area contributed by atoms with Crippen molar-refractivity contribution in [2.45, 2.75) is 6.42 Å². The number of ether oxygens (including phenoxy) is 1. The molecule has 0 aliphatic heterocycles. The molecule has 116 valence electrons. The van der Waals surface area contributed by atoms with Gasteiger partial charge in [0.05, 0.1) is 13.5 Å². The summed E-state index contributed by atoms with van der Waals surface area (Å²) >= 11 is 0. The number of hydrogen-bond acceptors (Lipinski definition) is 4. The fourth-order valence-corrected chi connectivity index (χ4v) is 1.80. The number of carboxylic acids is 1. The predicted octanol–water partition coefficient (Wildman–Crippen LogP) is 1.17. The Bertz CT molecular complexity index is 488. The summed E-state index contributed by atoms with van der Waals surface area (Å²) in [5.74, 6) is -0.494. The number of rotatable bonds is 8. The van der Waals surface area contributed by atoms with Crippen LogP contribution in [0.3, 0.4) is 0 Å². The largest absolute Gasteiger partial charge is 0.497 e. The van der Waals surface area contributed by atoms with E-state index in [1.54, 1.807) is 29.2 Å². The molecule has 1 amide bonds. The fraction of sp³-hybridized carbons (Fsp3) is 0.467. The van der Waals surface area contributed by atoms with Crippen molar-refractivity contribution in [2.24, 2.45) is 0 Å². The minimum absolute atomic E-state index is 0.0663. The zero-order valence-electron chi connectivity index (χ0n) is 12.7. The molecule has 0 aliphatic carbocycles. The second-order valence-electron chi connectivity index (χ2n) is 4.97. The average Bonchev–Trinajstić information content (AvgIpc) is 2.46. The van der Waals surface area contributed by atoms with E-state index >= 15 is 0 Å². The van der Waals surface area contributed by atoms with E-state index in [9.17, 15) is 9.59 Å². The van der Waals surface area contributed by atoms with Crippen LogP contribution < -0.4 is 4.74 Å². The second kappa shape index (κ2) is 8.26. The van der Waals surface area contributed by atoms with E-state index < -0.39 is 5.97 Å². The van der Waals surface area contributed by atoms with Gasteiger partial charge in [0, 0.05) is 25.2 Å². The van der Waals surface area contributed by atoms with Gasteiger partial charge in [-0.3, -0.25) is 9.59 Å². The molecule has 0 aliphatic rings. The van der Waals surface area contributed by atoms with Crippen LogP contribution in [-0.2, 0) is 4.79 Å². The molecule has 0 saturated carbocycles. The lowest BCUT2D eigenvalue weighted by molar-refractivity contribution is -0.137. The maximum absolute atomic E-state index is 12.5. The van der Waals surface area contributed by atoms with E-state index in [0.717, 1.165) is 0 Å². The molecule has 1 rings (SSSR count). The number of aliphatic carboxylic acids is 1. The highest BCUT2D eigenvalue weighted by Crippen LogP contribution is 2.14. The Labute approximate surface area is 124 Å². The molecule has 1 aromatic carbocycles. The van der Waals surface area contributed by atoms with Gasteiger partial charge in [0.15, 0.2) is 0 Å². The summed E-state index contributed by atoms with van der Waals surface area (Å²) in [4.78, 5) is 26.7. The van der Waals surface area contributed by atoms with Gasteiger partial charge in [0.25, 0.3) is 5.91 Å². The Balaban J connectivity index is 2.83. The summed E-state index contributed by atoms with van der Waals surface area (Å²) in [5, 5.41) is 8.81. The smallest absolute Gasteiger partial charge is 0.305 e. The van der Waals surface area contributed by atoms with Crippen molar-refractivity contribution in [3.8, 4) is 5.75 Å². The average molecular weight is 294 g/mol. The standard InChI is InChI=1S/C15H22N2O4/c1-16(2)9-10-17(8-7-14(18)19)15(20)12-5-4-6-13(11-12)21-3/h4-6,11H,7-10H2,1-3H3,(H,18,19). The number of likely N-dealkylation sites (N-methyl/N-ethyl adjacent to an activating group) is 1. The van der Waals surface area contributed by atoms with Crippen molar-refractivity contribution < 1.29 is 19.4 Å². The van der Waals surface area contributed by atoms with Gasteiger partial charge in [0.1, 0.15) is 5.75 Å². The summed E-state index contributed by atoms with van der Waals surface area (Å²) in [5.41, 5.74) is 0.499. The van der Waals surface area contributed by atoms with Crippen LogP contribution in [0, 0.1) is 0 Å². The van der Waals surface area contributed by atoms with Crippen molar-refractivity contribution >= 4 is 11.9 Å². The number of carbonyl (C=O) groups is 2. The van der Waals surface area contributed by atoms with E-state index in [-0.39, 0.29) is 18.9 Å². The Kier molecular flexibility index (Phi) is 6.68. The number of hydrogen-bond donors (Lipinski definition) is 1. The van der Waals surface area contributed by atoms with Gasteiger partial charge in [0.2, 0.25) is 0 Å². The normalized spacial score (nSPS) is 10.5.